The third-order valence-electron chi connectivity index (χ3n) is 8.94. The zero-order chi connectivity index (χ0) is 31.5. The Balaban J connectivity index is 1.05. The number of anilines is 1. The van der Waals surface area contributed by atoms with Crippen LogP contribution in [0.4, 0.5) is 5.69 Å². The maximum Gasteiger partial charge on any atom is 0.343 e. The van der Waals surface area contributed by atoms with Crippen molar-refractivity contribution < 1.29 is 18.6 Å². The van der Waals surface area contributed by atoms with Gasteiger partial charge in [-0.25, -0.2) is 4.79 Å². The predicted molar refractivity (Wildman–Crippen MR) is 173 cm³/mol. The molecule has 1 unspecified atom stereocenters. The molecule has 1 aromatic heterocycles. The molecule has 0 saturated carbocycles. The Labute approximate surface area is 265 Å². The molecule has 234 valence electrons. The highest BCUT2D eigenvalue weighted by molar-refractivity contribution is 7.89. The summed E-state index contributed by atoms with van der Waals surface area (Å²) in [7, 11) is 0. The lowest BCUT2D eigenvalue weighted by Crippen LogP contribution is -2.44. The quantitative estimate of drug-likeness (QED) is 0.127. The number of fused-ring (bicyclic) bond motifs is 2. The number of rotatable bonds is 8. The van der Waals surface area contributed by atoms with Crippen LogP contribution < -0.4 is 20.6 Å². The van der Waals surface area contributed by atoms with Gasteiger partial charge in [0, 0.05) is 55.3 Å². The molecule has 2 aromatic carbocycles. The van der Waals surface area contributed by atoms with Crippen LogP contribution in [0.2, 0.25) is 0 Å². The number of amides is 2. The highest BCUT2D eigenvalue weighted by Crippen LogP contribution is 2.39. The molecule has 0 spiro atoms. The van der Waals surface area contributed by atoms with Crippen molar-refractivity contribution in [1.29, 1.82) is 5.26 Å². The molecule has 3 aromatic rings. The minimum atomic E-state index is -1.36. The average Bonchev–Trinajstić information content (AvgIpc) is 3.06. The second kappa shape index (κ2) is 13.5. The number of nitrogens with one attached hydrogen (secondary N) is 2. The monoisotopic (exact) mass is 627 g/mol. The third-order valence-corrected chi connectivity index (χ3v) is 10.1. The molecule has 0 aliphatic carbocycles. The first-order chi connectivity index (χ1) is 21.8. The van der Waals surface area contributed by atoms with Crippen LogP contribution in [0.5, 0.6) is 0 Å². The van der Waals surface area contributed by atoms with E-state index in [9.17, 15) is 24.2 Å². The Bertz CT molecular complexity index is 1730. The average molecular weight is 628 g/mol. The number of aryl methyl sites for hydroxylation is 3. The summed E-state index contributed by atoms with van der Waals surface area (Å²) in [6.07, 6.45) is 6.18. The number of nitrogens with zero attached hydrogens (tertiary/aromatic N) is 3. The molecule has 2 N–H and O–H groups in total. The lowest BCUT2D eigenvalue weighted by atomic mass is 9.90. The van der Waals surface area contributed by atoms with Crippen LogP contribution in [0, 0.1) is 24.2 Å². The summed E-state index contributed by atoms with van der Waals surface area (Å²) < 4.78 is 21.1. The molecule has 1 atom stereocenters. The maximum absolute atomic E-state index is 13.3. The van der Waals surface area contributed by atoms with E-state index in [1.807, 2.05) is 37.3 Å². The number of carbonyl (C=O) groups excluding carboxylic acids is 2. The smallest absolute Gasteiger partial charge is 0.343 e. The number of hydrogen-bond donors (Lipinski definition) is 2. The second-order valence-electron chi connectivity index (χ2n) is 12.0. The van der Waals surface area contributed by atoms with E-state index in [0.29, 0.717) is 49.5 Å². The van der Waals surface area contributed by atoms with Crippen molar-refractivity contribution >= 4 is 45.9 Å². The van der Waals surface area contributed by atoms with Crippen molar-refractivity contribution in [3.05, 3.63) is 74.6 Å². The first kappa shape index (κ1) is 30.9. The molecule has 0 radical (unpaired) electrons. The molecule has 45 heavy (non-hydrogen) atoms. The Morgan fingerprint density at radius 2 is 1.82 bits per heavy atom. The zero-order valence-corrected chi connectivity index (χ0v) is 26.2. The SMILES string of the molecule is Cc1ccc([S+]([O-])NCCNC(=O)C2CCN(C(=O)/C(C#N)=C/c3cc4cc5c6c(c4oc3=O)CCCN6CCC5)CC2)cc1. The van der Waals surface area contributed by atoms with Crippen LogP contribution in [0.3, 0.4) is 0 Å². The Hall–Kier alpha value is -4.11. The van der Waals surface area contributed by atoms with Crippen molar-refractivity contribution in [2.24, 2.45) is 5.92 Å². The summed E-state index contributed by atoms with van der Waals surface area (Å²) in [4.78, 5) is 43.7. The van der Waals surface area contributed by atoms with Gasteiger partial charge >= 0.3 is 5.63 Å². The van der Waals surface area contributed by atoms with Crippen LogP contribution in [-0.2, 0) is 33.8 Å². The van der Waals surface area contributed by atoms with Gasteiger partial charge in [-0.15, -0.1) is 4.72 Å². The number of piperidine rings is 1. The summed E-state index contributed by atoms with van der Waals surface area (Å²) in [5.74, 6) is -0.837. The highest BCUT2D eigenvalue weighted by Gasteiger charge is 2.30. The lowest BCUT2D eigenvalue weighted by Gasteiger charge is -2.37. The fraction of sp³-hybridized carbons (Fsp3) is 0.412. The van der Waals surface area contributed by atoms with Gasteiger partial charge in [0.05, 0.1) is 23.5 Å². The molecule has 11 heteroatoms. The Kier molecular flexibility index (Phi) is 9.26. The molecule has 4 heterocycles. The zero-order valence-electron chi connectivity index (χ0n) is 25.4. The van der Waals surface area contributed by atoms with Crippen LogP contribution in [0.15, 0.2) is 56.1 Å². The van der Waals surface area contributed by atoms with Gasteiger partial charge < -0.3 is 24.1 Å². The van der Waals surface area contributed by atoms with Gasteiger partial charge in [0.1, 0.15) is 17.2 Å². The summed E-state index contributed by atoms with van der Waals surface area (Å²) in [5, 5.41) is 13.6. The van der Waals surface area contributed by atoms with Gasteiger partial charge in [-0.1, -0.05) is 17.7 Å². The molecular formula is C34H37N5O5S. The molecule has 3 aliphatic rings. The maximum atomic E-state index is 13.3. The van der Waals surface area contributed by atoms with Crippen LogP contribution in [0.1, 0.15) is 47.9 Å². The highest BCUT2D eigenvalue weighted by atomic mass is 32.2. The molecule has 10 nitrogen and oxygen atoms in total. The lowest BCUT2D eigenvalue weighted by molar-refractivity contribution is -0.132. The fourth-order valence-corrected chi connectivity index (χ4v) is 7.43. The van der Waals surface area contributed by atoms with Gasteiger partial charge in [-0.3, -0.25) is 9.59 Å². The molecular weight excluding hydrogens is 590 g/mol. The van der Waals surface area contributed by atoms with Crippen molar-refractivity contribution in [3.8, 4) is 6.07 Å². The summed E-state index contributed by atoms with van der Waals surface area (Å²) >= 11 is -1.36. The van der Waals surface area contributed by atoms with E-state index in [-0.39, 0.29) is 23.0 Å². The molecule has 1 fully saturated rings. The van der Waals surface area contributed by atoms with E-state index in [0.717, 1.165) is 55.3 Å². The summed E-state index contributed by atoms with van der Waals surface area (Å²) in [5.41, 5.74) is 4.70. The van der Waals surface area contributed by atoms with E-state index in [1.54, 1.807) is 11.0 Å². The third kappa shape index (κ3) is 6.64. The number of nitriles is 1. The van der Waals surface area contributed by atoms with Crippen molar-refractivity contribution in [2.45, 2.75) is 50.3 Å². The minimum Gasteiger partial charge on any atom is -0.593 e. The van der Waals surface area contributed by atoms with Crippen molar-refractivity contribution in [3.63, 3.8) is 0 Å². The first-order valence-electron chi connectivity index (χ1n) is 15.6. The minimum absolute atomic E-state index is 0.112. The van der Waals surface area contributed by atoms with E-state index >= 15 is 0 Å². The van der Waals surface area contributed by atoms with Crippen LogP contribution in [0.25, 0.3) is 17.0 Å². The molecule has 2 amide bonds. The largest absolute Gasteiger partial charge is 0.593 e. The molecule has 1 saturated heterocycles. The fourth-order valence-electron chi connectivity index (χ4n) is 6.59. The number of likely N-dealkylation sites (tertiary alicyclic amines) is 1. The molecule has 6 rings (SSSR count). The van der Waals surface area contributed by atoms with Gasteiger partial charge in [0.15, 0.2) is 4.90 Å². The normalized spacial score (nSPS) is 17.5. The van der Waals surface area contributed by atoms with Gasteiger partial charge in [0.25, 0.3) is 5.91 Å². The Morgan fingerprint density at radius 3 is 2.56 bits per heavy atom. The standard InChI is InChI=1S/C34H37N5O5S/c1-22-6-8-28(9-7-22)45(43)37-13-12-36-32(40)23-10-16-39(17-11-23)33(41)27(21-35)20-26-19-25-18-24-4-2-14-38-15-3-5-29(30(24)38)31(25)44-34(26)42/h6-9,18-20,23,37H,2-5,10-17H2,1H3,(H,36,40)/b27-20+. The number of hydrogen-bond acceptors (Lipinski definition) is 8. The van der Waals surface area contributed by atoms with Crippen LogP contribution in [-0.4, -0.2) is 60.5 Å². The summed E-state index contributed by atoms with van der Waals surface area (Å²) in [6.45, 7) is 5.32. The summed E-state index contributed by atoms with van der Waals surface area (Å²) in [6, 6.07) is 13.2. The second-order valence-corrected chi connectivity index (χ2v) is 13.3. The van der Waals surface area contributed by atoms with E-state index in [1.165, 1.54) is 17.3 Å². The Morgan fingerprint density at radius 1 is 1.09 bits per heavy atom. The number of carbonyl (C=O) groups is 2. The van der Waals surface area contributed by atoms with E-state index in [4.69, 9.17) is 4.42 Å². The number of benzene rings is 2. The van der Waals surface area contributed by atoms with Crippen molar-refractivity contribution in [2.75, 3.05) is 44.2 Å². The first-order valence-corrected chi connectivity index (χ1v) is 16.8. The molecule has 0 bridgehead atoms. The van der Waals surface area contributed by atoms with Gasteiger partial charge in [0.2, 0.25) is 5.91 Å². The van der Waals surface area contributed by atoms with Gasteiger partial charge in [-0.05, 0) is 81.4 Å². The van der Waals surface area contributed by atoms with Crippen molar-refractivity contribution in [1.82, 2.24) is 14.9 Å². The predicted octanol–water partition coefficient (Wildman–Crippen LogP) is 3.37. The van der Waals surface area contributed by atoms with Crippen LogP contribution >= 0.6 is 0 Å². The molecule has 3 aliphatic heterocycles. The van der Waals surface area contributed by atoms with Gasteiger partial charge in [-0.2, -0.15) is 5.26 Å². The topological polar surface area (TPSA) is 142 Å². The van der Waals surface area contributed by atoms with E-state index < -0.39 is 22.9 Å². The van der Waals surface area contributed by atoms with E-state index in [2.05, 4.69) is 21.0 Å².